The lowest BCUT2D eigenvalue weighted by atomic mass is 9.89. The zero-order valence-corrected chi connectivity index (χ0v) is 14.2. The summed E-state index contributed by atoms with van der Waals surface area (Å²) in [6.07, 6.45) is -0.0679. The number of esters is 1. The molecule has 0 aliphatic carbocycles. The molecule has 134 valence electrons. The number of piperazine rings is 1. The van der Waals surface area contributed by atoms with E-state index < -0.39 is 17.7 Å². The Balaban J connectivity index is 1.92. The van der Waals surface area contributed by atoms with Crippen LogP contribution in [0.25, 0.3) is 0 Å². The van der Waals surface area contributed by atoms with Gasteiger partial charge >= 0.3 is 11.9 Å². The van der Waals surface area contributed by atoms with E-state index in [4.69, 9.17) is 4.74 Å². The van der Waals surface area contributed by atoms with Gasteiger partial charge in [0.15, 0.2) is 0 Å². The number of nitrogens with zero attached hydrogens (tertiary/aromatic N) is 1. The molecule has 0 bridgehead atoms. The van der Waals surface area contributed by atoms with Crippen molar-refractivity contribution in [1.82, 2.24) is 10.2 Å². The van der Waals surface area contributed by atoms with E-state index in [1.54, 1.807) is 0 Å². The lowest BCUT2D eigenvalue weighted by molar-refractivity contribution is -0.151. The van der Waals surface area contributed by atoms with Gasteiger partial charge in [-0.2, -0.15) is 0 Å². The molecule has 0 spiro atoms. The average Bonchev–Trinajstić information content (AvgIpc) is 2.98. The zero-order chi connectivity index (χ0) is 18.1. The van der Waals surface area contributed by atoms with Gasteiger partial charge in [-0.3, -0.25) is 9.59 Å². The molecule has 2 atom stereocenters. The maximum atomic E-state index is 12.8. The lowest BCUT2D eigenvalue weighted by Crippen LogP contribution is -2.62. The largest absolute Gasteiger partial charge is 0.481 e. The fourth-order valence-corrected chi connectivity index (χ4v) is 4.06. The highest BCUT2D eigenvalue weighted by atomic mass is 16.6. The van der Waals surface area contributed by atoms with Crippen LogP contribution in [0.4, 0.5) is 0 Å². The number of aliphatic carboxylic acids is 1. The third kappa shape index (κ3) is 2.58. The first-order chi connectivity index (χ1) is 12.6. The SMILES string of the molecule is O=C(O)CC1CNCC2C(=O)OC(c3ccccc3)(c3ccccc3)N12. The van der Waals surface area contributed by atoms with E-state index in [-0.39, 0.29) is 18.4 Å². The number of carbonyl (C=O) groups excluding carboxylic acids is 1. The van der Waals surface area contributed by atoms with Gasteiger partial charge in [-0.05, 0) is 0 Å². The molecule has 2 aromatic rings. The minimum atomic E-state index is -1.12. The molecule has 0 radical (unpaired) electrons. The van der Waals surface area contributed by atoms with Crippen molar-refractivity contribution in [3.8, 4) is 0 Å². The minimum absolute atomic E-state index is 0.0679. The topological polar surface area (TPSA) is 78.9 Å². The summed E-state index contributed by atoms with van der Waals surface area (Å²) < 4.78 is 6.03. The molecule has 2 saturated heterocycles. The molecule has 2 unspecified atom stereocenters. The van der Waals surface area contributed by atoms with Crippen molar-refractivity contribution in [3.05, 3.63) is 71.8 Å². The molecule has 4 rings (SSSR count). The second kappa shape index (κ2) is 6.55. The summed E-state index contributed by atoms with van der Waals surface area (Å²) >= 11 is 0. The van der Waals surface area contributed by atoms with Gasteiger partial charge in [-0.25, -0.2) is 4.90 Å². The number of hydrogen-bond acceptors (Lipinski definition) is 5. The van der Waals surface area contributed by atoms with Gasteiger partial charge in [0.2, 0.25) is 5.72 Å². The number of rotatable bonds is 4. The Morgan fingerprint density at radius 3 is 2.19 bits per heavy atom. The summed E-state index contributed by atoms with van der Waals surface area (Å²) in [5.41, 5.74) is 0.519. The van der Waals surface area contributed by atoms with Crippen molar-refractivity contribution in [2.24, 2.45) is 0 Å². The number of fused-ring (bicyclic) bond motifs is 1. The summed E-state index contributed by atoms with van der Waals surface area (Å²) in [6, 6.07) is 18.2. The third-order valence-corrected chi connectivity index (χ3v) is 5.07. The van der Waals surface area contributed by atoms with Gasteiger partial charge in [0.1, 0.15) is 6.04 Å². The number of ether oxygens (including phenoxy) is 1. The molecule has 0 aromatic heterocycles. The van der Waals surface area contributed by atoms with Crippen molar-refractivity contribution < 1.29 is 19.4 Å². The van der Waals surface area contributed by atoms with E-state index in [9.17, 15) is 14.7 Å². The Bertz CT molecular complexity index is 770. The average molecular weight is 352 g/mol. The van der Waals surface area contributed by atoms with Crippen LogP contribution in [-0.4, -0.2) is 47.1 Å². The van der Waals surface area contributed by atoms with Crippen LogP contribution >= 0.6 is 0 Å². The van der Waals surface area contributed by atoms with Crippen molar-refractivity contribution in [1.29, 1.82) is 0 Å². The lowest BCUT2D eigenvalue weighted by Gasteiger charge is -2.45. The quantitative estimate of drug-likeness (QED) is 0.813. The highest BCUT2D eigenvalue weighted by Crippen LogP contribution is 2.46. The standard InChI is InChI=1S/C20H20N2O4/c23-18(24)11-16-12-21-13-17-19(25)26-20(22(16)17,14-7-3-1-4-8-14)15-9-5-2-6-10-15/h1-10,16-17,21H,11-13H2,(H,23,24). The first kappa shape index (κ1) is 16.8. The Labute approximate surface area is 151 Å². The number of carbonyl (C=O) groups is 2. The Hall–Kier alpha value is -2.70. The number of carboxylic acids is 1. The number of cyclic esters (lactones) is 1. The maximum absolute atomic E-state index is 12.8. The van der Waals surface area contributed by atoms with Crippen molar-refractivity contribution in [3.63, 3.8) is 0 Å². The molecule has 2 aromatic carbocycles. The van der Waals surface area contributed by atoms with E-state index in [2.05, 4.69) is 5.32 Å². The van der Waals surface area contributed by atoms with Crippen molar-refractivity contribution >= 4 is 11.9 Å². The van der Waals surface area contributed by atoms with Gasteiger partial charge in [0, 0.05) is 30.3 Å². The molecule has 6 heteroatoms. The van der Waals surface area contributed by atoms with Crippen LogP contribution in [0.15, 0.2) is 60.7 Å². The van der Waals surface area contributed by atoms with Crippen LogP contribution < -0.4 is 5.32 Å². The monoisotopic (exact) mass is 352 g/mol. The Morgan fingerprint density at radius 2 is 1.65 bits per heavy atom. The molecule has 0 amide bonds. The highest BCUT2D eigenvalue weighted by molar-refractivity contribution is 5.80. The molecule has 6 nitrogen and oxygen atoms in total. The van der Waals surface area contributed by atoms with Crippen LogP contribution in [0.3, 0.4) is 0 Å². The number of nitrogens with one attached hydrogen (secondary N) is 1. The minimum Gasteiger partial charge on any atom is -0.481 e. The molecule has 2 fully saturated rings. The van der Waals surface area contributed by atoms with Gasteiger partial charge in [-0.1, -0.05) is 60.7 Å². The number of carboxylic acid groups (broad SMARTS) is 1. The van der Waals surface area contributed by atoms with Crippen LogP contribution in [0.1, 0.15) is 17.5 Å². The van der Waals surface area contributed by atoms with Gasteiger partial charge in [0.25, 0.3) is 0 Å². The van der Waals surface area contributed by atoms with E-state index in [0.29, 0.717) is 13.1 Å². The van der Waals surface area contributed by atoms with Gasteiger partial charge in [0.05, 0.1) is 6.42 Å². The second-order valence-corrected chi connectivity index (χ2v) is 6.63. The van der Waals surface area contributed by atoms with Gasteiger partial charge in [-0.15, -0.1) is 0 Å². The number of benzene rings is 2. The molecule has 2 N–H and O–H groups in total. The van der Waals surface area contributed by atoms with E-state index in [1.165, 1.54) is 0 Å². The molecular weight excluding hydrogens is 332 g/mol. The predicted molar refractivity (Wildman–Crippen MR) is 94.3 cm³/mol. The molecular formula is C20H20N2O4. The maximum Gasteiger partial charge on any atom is 0.327 e. The van der Waals surface area contributed by atoms with Crippen LogP contribution in [0, 0.1) is 0 Å². The van der Waals surface area contributed by atoms with E-state index in [1.807, 2.05) is 65.6 Å². The van der Waals surface area contributed by atoms with Crippen molar-refractivity contribution in [2.75, 3.05) is 13.1 Å². The van der Waals surface area contributed by atoms with E-state index >= 15 is 0 Å². The summed E-state index contributed by atoms with van der Waals surface area (Å²) in [7, 11) is 0. The van der Waals surface area contributed by atoms with Crippen LogP contribution in [0.5, 0.6) is 0 Å². The highest BCUT2D eigenvalue weighted by Gasteiger charge is 2.59. The summed E-state index contributed by atoms with van der Waals surface area (Å²) in [4.78, 5) is 26.1. The fraction of sp³-hybridized carbons (Fsp3) is 0.300. The Morgan fingerprint density at radius 1 is 1.08 bits per heavy atom. The normalized spacial score (nSPS) is 24.7. The molecule has 2 aliphatic heterocycles. The molecule has 26 heavy (non-hydrogen) atoms. The van der Waals surface area contributed by atoms with Crippen LogP contribution in [0.2, 0.25) is 0 Å². The Kier molecular flexibility index (Phi) is 4.22. The van der Waals surface area contributed by atoms with Gasteiger partial charge < -0.3 is 15.2 Å². The molecule has 2 aliphatic rings. The van der Waals surface area contributed by atoms with E-state index in [0.717, 1.165) is 11.1 Å². The predicted octanol–water partition coefficient (Wildman–Crippen LogP) is 1.56. The summed E-state index contributed by atoms with van der Waals surface area (Å²) in [5.74, 6) is -1.23. The summed E-state index contributed by atoms with van der Waals surface area (Å²) in [6.45, 7) is 0.928. The molecule has 2 heterocycles. The first-order valence-corrected chi connectivity index (χ1v) is 8.68. The summed E-state index contributed by atoms with van der Waals surface area (Å²) in [5, 5.41) is 12.6. The molecule has 0 saturated carbocycles. The first-order valence-electron chi connectivity index (χ1n) is 8.68. The third-order valence-electron chi connectivity index (χ3n) is 5.07. The smallest absolute Gasteiger partial charge is 0.327 e. The second-order valence-electron chi connectivity index (χ2n) is 6.63. The zero-order valence-electron chi connectivity index (χ0n) is 14.2. The van der Waals surface area contributed by atoms with Crippen molar-refractivity contribution in [2.45, 2.75) is 24.2 Å². The number of hydrogen-bond donors (Lipinski definition) is 2. The van der Waals surface area contributed by atoms with Crippen LogP contribution in [-0.2, 0) is 20.1 Å². The fourth-order valence-electron chi connectivity index (χ4n) is 4.06.